The molecule has 0 aliphatic heterocycles. The summed E-state index contributed by atoms with van der Waals surface area (Å²) in [5.74, 6) is 0.671. The average molecular weight is 418 g/mol. The van der Waals surface area contributed by atoms with Crippen molar-refractivity contribution in [3.8, 4) is 5.75 Å². The number of sulfonamides is 1. The molecule has 1 amide bonds. The van der Waals surface area contributed by atoms with E-state index in [9.17, 15) is 13.2 Å². The molecule has 0 aliphatic rings. The molecule has 0 unspecified atom stereocenters. The molecule has 0 saturated heterocycles. The highest BCUT2D eigenvalue weighted by Gasteiger charge is 2.20. The Labute approximate surface area is 172 Å². The minimum atomic E-state index is -3.62. The number of nitrogens with one attached hydrogen (secondary N) is 1. The predicted molar refractivity (Wildman–Crippen MR) is 116 cm³/mol. The van der Waals surface area contributed by atoms with E-state index >= 15 is 0 Å². The lowest BCUT2D eigenvalue weighted by atomic mass is 10.2. The quantitative estimate of drug-likeness (QED) is 0.502. The number of hydrazone groups is 1. The van der Waals surface area contributed by atoms with E-state index in [4.69, 9.17) is 4.74 Å². The zero-order chi connectivity index (χ0) is 21.4. The number of anilines is 1. The number of ether oxygens (including phenoxy) is 1. The summed E-state index contributed by atoms with van der Waals surface area (Å²) in [7, 11) is -3.62. The van der Waals surface area contributed by atoms with Gasteiger partial charge in [-0.2, -0.15) is 5.10 Å². The van der Waals surface area contributed by atoms with Crippen LogP contribution in [0.1, 0.15) is 25.0 Å². The van der Waals surface area contributed by atoms with Crippen LogP contribution in [0.4, 0.5) is 5.69 Å². The minimum Gasteiger partial charge on any atom is -0.493 e. The third-order valence-electron chi connectivity index (χ3n) is 3.84. The van der Waals surface area contributed by atoms with Gasteiger partial charge in [-0.25, -0.2) is 13.8 Å². The van der Waals surface area contributed by atoms with Crippen LogP contribution in [0, 0.1) is 12.8 Å². The summed E-state index contributed by atoms with van der Waals surface area (Å²) < 4.78 is 30.9. The SMILES string of the molecule is Cc1cccc(N(CC(=O)N/N=C\c2ccc(OCC(C)C)cc2)S(C)(=O)=O)c1. The van der Waals surface area contributed by atoms with Crippen LogP contribution in [-0.2, 0) is 14.8 Å². The first-order chi connectivity index (χ1) is 13.6. The monoisotopic (exact) mass is 417 g/mol. The van der Waals surface area contributed by atoms with Gasteiger partial charge in [0.1, 0.15) is 12.3 Å². The Morgan fingerprint density at radius 3 is 2.48 bits per heavy atom. The highest BCUT2D eigenvalue weighted by molar-refractivity contribution is 7.92. The van der Waals surface area contributed by atoms with Gasteiger partial charge in [-0.05, 0) is 60.4 Å². The fraction of sp³-hybridized carbons (Fsp3) is 0.333. The summed E-state index contributed by atoms with van der Waals surface area (Å²) in [6.45, 7) is 6.29. The molecule has 0 aromatic heterocycles. The van der Waals surface area contributed by atoms with Crippen molar-refractivity contribution in [1.82, 2.24) is 5.43 Å². The minimum absolute atomic E-state index is 0.360. The molecule has 7 nitrogen and oxygen atoms in total. The van der Waals surface area contributed by atoms with Crippen molar-refractivity contribution in [2.24, 2.45) is 11.0 Å². The number of nitrogens with zero attached hydrogens (tertiary/aromatic N) is 2. The second kappa shape index (κ2) is 10.1. The Bertz CT molecular complexity index is 954. The highest BCUT2D eigenvalue weighted by atomic mass is 32.2. The van der Waals surface area contributed by atoms with Gasteiger partial charge in [-0.15, -0.1) is 0 Å². The molecular formula is C21H27N3O4S. The van der Waals surface area contributed by atoms with Crippen LogP contribution in [0.25, 0.3) is 0 Å². The Morgan fingerprint density at radius 1 is 1.21 bits per heavy atom. The first-order valence-corrected chi connectivity index (χ1v) is 11.1. The van der Waals surface area contributed by atoms with E-state index in [2.05, 4.69) is 24.4 Å². The van der Waals surface area contributed by atoms with Crippen LogP contribution in [0.3, 0.4) is 0 Å². The molecule has 2 aromatic carbocycles. The van der Waals surface area contributed by atoms with Crippen LogP contribution in [-0.4, -0.2) is 39.9 Å². The van der Waals surface area contributed by atoms with Crippen molar-refractivity contribution < 1.29 is 17.9 Å². The van der Waals surface area contributed by atoms with Crippen molar-refractivity contribution in [1.29, 1.82) is 0 Å². The lowest BCUT2D eigenvalue weighted by Crippen LogP contribution is -2.39. The van der Waals surface area contributed by atoms with Crippen molar-refractivity contribution in [2.45, 2.75) is 20.8 Å². The number of carbonyl (C=O) groups excluding carboxylic acids is 1. The van der Waals surface area contributed by atoms with E-state index in [-0.39, 0.29) is 6.54 Å². The van der Waals surface area contributed by atoms with Crippen LogP contribution in [0.15, 0.2) is 53.6 Å². The molecule has 8 heteroatoms. The Hall–Kier alpha value is -2.87. The largest absolute Gasteiger partial charge is 0.493 e. The molecule has 2 rings (SSSR count). The fourth-order valence-corrected chi connectivity index (χ4v) is 3.29. The third-order valence-corrected chi connectivity index (χ3v) is 4.98. The van der Waals surface area contributed by atoms with Gasteiger partial charge in [0.2, 0.25) is 10.0 Å². The van der Waals surface area contributed by atoms with Crippen molar-refractivity contribution in [3.05, 3.63) is 59.7 Å². The van der Waals surface area contributed by atoms with Gasteiger partial charge in [0.15, 0.2) is 0 Å². The van der Waals surface area contributed by atoms with Gasteiger partial charge in [0.05, 0.1) is 24.8 Å². The van der Waals surface area contributed by atoms with E-state index in [1.165, 1.54) is 6.21 Å². The van der Waals surface area contributed by atoms with Crippen molar-refractivity contribution in [3.63, 3.8) is 0 Å². The third kappa shape index (κ3) is 7.57. The molecule has 0 heterocycles. The van der Waals surface area contributed by atoms with Crippen LogP contribution < -0.4 is 14.5 Å². The maximum atomic E-state index is 12.2. The first-order valence-electron chi connectivity index (χ1n) is 9.24. The lowest BCUT2D eigenvalue weighted by molar-refractivity contribution is -0.119. The Kier molecular flexibility index (Phi) is 7.78. The normalized spacial score (nSPS) is 11.6. The van der Waals surface area contributed by atoms with Gasteiger partial charge in [-0.3, -0.25) is 9.10 Å². The maximum absolute atomic E-state index is 12.2. The molecule has 0 radical (unpaired) electrons. The molecule has 0 atom stereocenters. The number of hydrogen-bond acceptors (Lipinski definition) is 5. The second-order valence-electron chi connectivity index (χ2n) is 7.18. The summed E-state index contributed by atoms with van der Waals surface area (Å²) in [6, 6.07) is 14.3. The first kappa shape index (κ1) is 22.4. The molecule has 29 heavy (non-hydrogen) atoms. The summed E-state index contributed by atoms with van der Waals surface area (Å²) in [5.41, 5.74) is 4.48. The van der Waals surface area contributed by atoms with Crippen LogP contribution >= 0.6 is 0 Å². The van der Waals surface area contributed by atoms with Gasteiger partial charge in [0.25, 0.3) is 5.91 Å². The predicted octanol–water partition coefficient (Wildman–Crippen LogP) is 2.95. The van der Waals surface area contributed by atoms with Gasteiger partial charge < -0.3 is 4.74 Å². The van der Waals surface area contributed by atoms with Gasteiger partial charge >= 0.3 is 0 Å². The van der Waals surface area contributed by atoms with Crippen molar-refractivity contribution >= 4 is 27.8 Å². The molecule has 156 valence electrons. The molecule has 0 fully saturated rings. The van der Waals surface area contributed by atoms with E-state index in [0.29, 0.717) is 18.2 Å². The molecule has 0 saturated carbocycles. The summed E-state index contributed by atoms with van der Waals surface area (Å²) >= 11 is 0. The lowest BCUT2D eigenvalue weighted by Gasteiger charge is -2.21. The average Bonchev–Trinajstić information content (AvgIpc) is 2.64. The Morgan fingerprint density at radius 2 is 1.90 bits per heavy atom. The maximum Gasteiger partial charge on any atom is 0.260 e. The summed E-state index contributed by atoms with van der Waals surface area (Å²) in [4.78, 5) is 12.2. The summed E-state index contributed by atoms with van der Waals surface area (Å²) in [5, 5.41) is 3.90. The zero-order valence-corrected chi connectivity index (χ0v) is 17.9. The highest BCUT2D eigenvalue weighted by Crippen LogP contribution is 2.18. The number of aryl methyl sites for hydroxylation is 1. The molecule has 1 N–H and O–H groups in total. The van der Waals surface area contributed by atoms with Gasteiger partial charge in [0, 0.05) is 0 Å². The second-order valence-corrected chi connectivity index (χ2v) is 9.08. The number of carbonyl (C=O) groups is 1. The number of amides is 1. The van der Waals surface area contributed by atoms with Crippen LogP contribution in [0.5, 0.6) is 5.75 Å². The number of benzene rings is 2. The van der Waals surface area contributed by atoms with Gasteiger partial charge in [-0.1, -0.05) is 26.0 Å². The summed E-state index contributed by atoms with van der Waals surface area (Å²) in [6.07, 6.45) is 2.55. The zero-order valence-electron chi connectivity index (χ0n) is 17.1. The standard InChI is InChI=1S/C21H27N3O4S/c1-16(2)15-28-20-10-8-18(9-11-20)13-22-23-21(25)14-24(29(4,26)27)19-7-5-6-17(3)12-19/h5-13,16H,14-15H2,1-4H3,(H,23,25)/b22-13-. The van der Waals surface area contributed by atoms with E-state index in [1.807, 2.05) is 37.3 Å². The van der Waals surface area contributed by atoms with E-state index in [0.717, 1.165) is 27.4 Å². The topological polar surface area (TPSA) is 88.1 Å². The van der Waals surface area contributed by atoms with Crippen molar-refractivity contribution in [2.75, 3.05) is 23.7 Å². The van der Waals surface area contributed by atoms with Crippen LogP contribution in [0.2, 0.25) is 0 Å². The molecule has 2 aromatic rings. The smallest absolute Gasteiger partial charge is 0.260 e. The number of hydrogen-bond donors (Lipinski definition) is 1. The molecule has 0 bridgehead atoms. The fourth-order valence-electron chi connectivity index (χ4n) is 2.44. The molecule has 0 spiro atoms. The van der Waals surface area contributed by atoms with E-state index in [1.54, 1.807) is 18.2 Å². The Balaban J connectivity index is 1.96. The van der Waals surface area contributed by atoms with E-state index < -0.39 is 15.9 Å². The molecular weight excluding hydrogens is 390 g/mol. The number of rotatable bonds is 9. The molecule has 0 aliphatic carbocycles.